The van der Waals surface area contributed by atoms with Crippen LogP contribution in [-0.4, -0.2) is 35.8 Å². The van der Waals surface area contributed by atoms with Crippen molar-refractivity contribution in [2.75, 3.05) is 0 Å². The molecule has 2 unspecified atom stereocenters. The Balaban J connectivity index is 5.10. The van der Waals surface area contributed by atoms with Gasteiger partial charge in [0.05, 0.1) is 18.3 Å². The van der Waals surface area contributed by atoms with Gasteiger partial charge in [0, 0.05) is 19.3 Å². The van der Waals surface area contributed by atoms with Crippen LogP contribution in [0.1, 0.15) is 150 Å². The van der Waals surface area contributed by atoms with E-state index in [-0.39, 0.29) is 19.3 Å². The maximum atomic E-state index is 12.9. The van der Waals surface area contributed by atoms with Crippen molar-refractivity contribution in [2.24, 2.45) is 11.8 Å². The fourth-order valence-electron chi connectivity index (χ4n) is 4.14. The van der Waals surface area contributed by atoms with Crippen molar-refractivity contribution in [2.45, 2.75) is 150 Å². The lowest BCUT2D eigenvalue weighted by atomic mass is 9.91. The van der Waals surface area contributed by atoms with Crippen molar-refractivity contribution in [1.29, 1.82) is 0 Å². The average molecular weight is 569 g/mol. The number of unbranched alkanes of at least 4 members (excludes halogenated alkanes) is 12. The molecule has 0 aromatic carbocycles. The van der Waals surface area contributed by atoms with E-state index >= 15 is 0 Å². The van der Waals surface area contributed by atoms with Crippen molar-refractivity contribution in [3.8, 4) is 0 Å². The Kier molecular flexibility index (Phi) is 22.7. The van der Waals surface area contributed by atoms with E-state index in [9.17, 15) is 28.8 Å². The number of carbonyl (C=O) groups excluding carboxylic acids is 6. The SMILES string of the molecule is CCCCCCCC(=O)OC(=O)CC(C(=O)OC(=O)CCCCCCC)C(C)C(=O)OC(=O)CCCCCCC. The molecule has 0 amide bonds. The number of esters is 6. The summed E-state index contributed by atoms with van der Waals surface area (Å²) in [7, 11) is 0. The molecule has 0 bridgehead atoms. The molecule has 40 heavy (non-hydrogen) atoms. The predicted molar refractivity (Wildman–Crippen MR) is 151 cm³/mol. The molecule has 0 aromatic rings. The van der Waals surface area contributed by atoms with Crippen LogP contribution in [0, 0.1) is 11.8 Å². The Morgan fingerprint density at radius 1 is 0.450 bits per heavy atom. The highest BCUT2D eigenvalue weighted by Gasteiger charge is 2.37. The molecular weight excluding hydrogens is 516 g/mol. The number of ether oxygens (including phenoxy) is 3. The molecule has 2 atom stereocenters. The maximum absolute atomic E-state index is 12.9. The Bertz CT molecular complexity index is 775. The van der Waals surface area contributed by atoms with Crippen LogP contribution >= 0.6 is 0 Å². The van der Waals surface area contributed by atoms with E-state index in [0.29, 0.717) is 19.3 Å². The second-order valence-corrected chi connectivity index (χ2v) is 10.5. The summed E-state index contributed by atoms with van der Waals surface area (Å²) in [6, 6.07) is 0. The highest BCUT2D eigenvalue weighted by molar-refractivity contribution is 5.95. The molecule has 0 fully saturated rings. The van der Waals surface area contributed by atoms with Crippen molar-refractivity contribution >= 4 is 35.8 Å². The van der Waals surface area contributed by atoms with Gasteiger partial charge < -0.3 is 14.2 Å². The predicted octanol–water partition coefficient (Wildman–Crippen LogP) is 6.92. The van der Waals surface area contributed by atoms with Crippen molar-refractivity contribution in [3.63, 3.8) is 0 Å². The normalized spacial score (nSPS) is 12.3. The van der Waals surface area contributed by atoms with Gasteiger partial charge in [-0.05, 0) is 19.3 Å². The van der Waals surface area contributed by atoms with Crippen LogP contribution in [0.2, 0.25) is 0 Å². The first-order chi connectivity index (χ1) is 19.2. The van der Waals surface area contributed by atoms with Gasteiger partial charge in [0.25, 0.3) is 0 Å². The number of hydrogen-bond acceptors (Lipinski definition) is 9. The van der Waals surface area contributed by atoms with Gasteiger partial charge in [0.2, 0.25) is 0 Å². The third-order valence-corrected chi connectivity index (χ3v) is 6.77. The van der Waals surface area contributed by atoms with Crippen LogP contribution < -0.4 is 0 Å². The van der Waals surface area contributed by atoms with Gasteiger partial charge in [-0.3, -0.25) is 28.8 Å². The number of rotatable bonds is 23. The van der Waals surface area contributed by atoms with E-state index in [2.05, 4.69) is 20.8 Å². The Labute approximate surface area is 240 Å². The second-order valence-electron chi connectivity index (χ2n) is 10.5. The van der Waals surface area contributed by atoms with Gasteiger partial charge >= 0.3 is 35.8 Å². The fourth-order valence-corrected chi connectivity index (χ4v) is 4.14. The highest BCUT2D eigenvalue weighted by atomic mass is 16.6. The third kappa shape index (κ3) is 19.5. The first-order valence-electron chi connectivity index (χ1n) is 15.4. The summed E-state index contributed by atoms with van der Waals surface area (Å²) < 4.78 is 14.7. The van der Waals surface area contributed by atoms with E-state index in [4.69, 9.17) is 14.2 Å². The fraction of sp³-hybridized carbons (Fsp3) is 0.806. The van der Waals surface area contributed by atoms with E-state index in [1.807, 2.05) is 0 Å². The Morgan fingerprint density at radius 3 is 1.20 bits per heavy atom. The van der Waals surface area contributed by atoms with Crippen LogP contribution in [0.3, 0.4) is 0 Å². The molecule has 0 heterocycles. The monoisotopic (exact) mass is 568 g/mol. The van der Waals surface area contributed by atoms with Gasteiger partial charge in [0.1, 0.15) is 0 Å². The summed E-state index contributed by atoms with van der Waals surface area (Å²) in [5, 5.41) is 0. The summed E-state index contributed by atoms with van der Waals surface area (Å²) in [6.07, 6.45) is 12.9. The molecule has 0 N–H and O–H groups in total. The minimum absolute atomic E-state index is 0.0263. The van der Waals surface area contributed by atoms with Crippen molar-refractivity contribution < 1.29 is 43.0 Å². The van der Waals surface area contributed by atoms with Gasteiger partial charge in [-0.15, -0.1) is 0 Å². The van der Waals surface area contributed by atoms with Crippen LogP contribution in [-0.2, 0) is 43.0 Å². The standard InChI is InChI=1S/C31H52O9/c1-5-8-11-14-17-20-26(32)38-29(35)23-25(31(37)40-28(34)22-19-16-13-10-7-3)24(4)30(36)39-27(33)21-18-15-12-9-6-2/h24-25H,5-23H2,1-4H3. The van der Waals surface area contributed by atoms with Crippen molar-refractivity contribution in [1.82, 2.24) is 0 Å². The number of hydrogen-bond donors (Lipinski definition) is 0. The molecule has 0 saturated carbocycles. The molecule has 0 rings (SSSR count). The van der Waals surface area contributed by atoms with Crippen LogP contribution in [0.4, 0.5) is 0 Å². The zero-order chi connectivity index (χ0) is 30.2. The first kappa shape index (κ1) is 37.4. The van der Waals surface area contributed by atoms with Gasteiger partial charge in [-0.25, -0.2) is 0 Å². The summed E-state index contributed by atoms with van der Waals surface area (Å²) in [5.41, 5.74) is 0. The Morgan fingerprint density at radius 2 is 0.800 bits per heavy atom. The molecule has 230 valence electrons. The van der Waals surface area contributed by atoms with Crippen molar-refractivity contribution in [3.05, 3.63) is 0 Å². The maximum Gasteiger partial charge on any atom is 0.318 e. The van der Waals surface area contributed by atoms with E-state index in [1.54, 1.807) is 0 Å². The van der Waals surface area contributed by atoms with E-state index in [1.165, 1.54) is 6.92 Å². The third-order valence-electron chi connectivity index (χ3n) is 6.77. The lowest BCUT2D eigenvalue weighted by molar-refractivity contribution is -0.174. The quantitative estimate of drug-likeness (QED) is 0.0558. The van der Waals surface area contributed by atoms with E-state index < -0.39 is 54.1 Å². The summed E-state index contributed by atoms with van der Waals surface area (Å²) in [5.74, 6) is -8.00. The molecule has 0 aliphatic heterocycles. The first-order valence-corrected chi connectivity index (χ1v) is 15.4. The largest absolute Gasteiger partial charge is 0.393 e. The van der Waals surface area contributed by atoms with E-state index in [0.717, 1.165) is 77.0 Å². The summed E-state index contributed by atoms with van der Waals surface area (Å²) in [6.45, 7) is 7.56. The van der Waals surface area contributed by atoms with Gasteiger partial charge in [0.15, 0.2) is 0 Å². The Hall–Kier alpha value is -2.58. The summed E-state index contributed by atoms with van der Waals surface area (Å²) in [4.78, 5) is 74.5. The highest BCUT2D eigenvalue weighted by Crippen LogP contribution is 2.22. The molecular formula is C31H52O9. The van der Waals surface area contributed by atoms with Gasteiger partial charge in [-0.2, -0.15) is 0 Å². The molecule has 9 heteroatoms. The molecule has 0 aromatic heterocycles. The van der Waals surface area contributed by atoms with Crippen LogP contribution in [0.5, 0.6) is 0 Å². The molecule has 0 spiro atoms. The minimum Gasteiger partial charge on any atom is -0.393 e. The minimum atomic E-state index is -1.45. The lowest BCUT2D eigenvalue weighted by Crippen LogP contribution is -2.35. The van der Waals surface area contributed by atoms with Crippen LogP contribution in [0.15, 0.2) is 0 Å². The molecule has 9 nitrogen and oxygen atoms in total. The van der Waals surface area contributed by atoms with Crippen LogP contribution in [0.25, 0.3) is 0 Å². The second kappa shape index (κ2) is 24.2. The smallest absolute Gasteiger partial charge is 0.318 e. The molecule has 0 radical (unpaired) electrons. The summed E-state index contributed by atoms with van der Waals surface area (Å²) >= 11 is 0. The zero-order valence-corrected chi connectivity index (χ0v) is 25.3. The topological polar surface area (TPSA) is 130 Å². The number of carbonyl (C=O) groups is 6. The lowest BCUT2D eigenvalue weighted by Gasteiger charge is -2.19. The molecule has 0 saturated heterocycles. The zero-order valence-electron chi connectivity index (χ0n) is 25.3. The molecule has 0 aliphatic rings. The average Bonchev–Trinajstić information content (AvgIpc) is 2.90. The van der Waals surface area contributed by atoms with Gasteiger partial charge in [-0.1, -0.05) is 105 Å². The molecule has 0 aliphatic carbocycles.